The van der Waals surface area contributed by atoms with Gasteiger partial charge in [0.1, 0.15) is 0 Å². The summed E-state index contributed by atoms with van der Waals surface area (Å²) in [6, 6.07) is 16.7. The molecule has 0 fully saturated rings. The van der Waals surface area contributed by atoms with Gasteiger partial charge in [-0.15, -0.1) is 0 Å². The molecule has 0 N–H and O–H groups in total. The summed E-state index contributed by atoms with van der Waals surface area (Å²) in [5.74, 6) is 14.0. The molecule has 0 bridgehead atoms. The Morgan fingerprint density at radius 2 is 0.761 bits per heavy atom. The molecule has 6 heteroatoms. The van der Waals surface area contributed by atoms with Gasteiger partial charge in [-0.2, -0.15) is 0 Å². The van der Waals surface area contributed by atoms with E-state index in [4.69, 9.17) is 8.85 Å². The van der Waals surface area contributed by atoms with Gasteiger partial charge >= 0.3 is 0 Å². The zero-order chi connectivity index (χ0) is 35.1. The van der Waals surface area contributed by atoms with Crippen molar-refractivity contribution in [2.75, 3.05) is 51.2 Å². The number of rotatable bonds is 8. The van der Waals surface area contributed by atoms with Crippen LogP contribution in [0.4, 0.5) is 11.4 Å². The van der Waals surface area contributed by atoms with Crippen LogP contribution in [0.15, 0.2) is 59.7 Å². The summed E-state index contributed by atoms with van der Waals surface area (Å²) in [6.07, 6.45) is 0. The number of hydrogen-bond acceptors (Lipinski definition) is 4. The van der Waals surface area contributed by atoms with Crippen LogP contribution in [-0.4, -0.2) is 59.5 Å². The van der Waals surface area contributed by atoms with Crippen LogP contribution >= 0.6 is 0 Å². The fourth-order valence-corrected chi connectivity index (χ4v) is 12.6. The third-order valence-corrected chi connectivity index (χ3v) is 13.6. The summed E-state index contributed by atoms with van der Waals surface area (Å²) < 4.78 is 13.8. The Labute approximate surface area is 286 Å². The lowest BCUT2D eigenvalue weighted by atomic mass is 10.1. The first-order valence-corrected chi connectivity index (χ1v) is 19.1. The summed E-state index contributed by atoms with van der Waals surface area (Å²) >= 11 is 0. The zero-order valence-corrected chi connectivity index (χ0v) is 33.7. The monoisotopic (exact) mass is 656 g/mol. The maximum absolute atomic E-state index is 6.90. The van der Waals surface area contributed by atoms with E-state index in [9.17, 15) is 0 Å². The van der Waals surface area contributed by atoms with Gasteiger partial charge in [-0.25, -0.2) is 0 Å². The van der Waals surface area contributed by atoms with Gasteiger partial charge < -0.3 is 18.7 Å². The van der Waals surface area contributed by atoms with E-state index >= 15 is 0 Å². The molecule has 0 aliphatic heterocycles. The second-order valence-electron chi connectivity index (χ2n) is 16.6. The third kappa shape index (κ3) is 12.5. The Hall–Kier alpha value is -2.75. The molecule has 46 heavy (non-hydrogen) atoms. The first-order chi connectivity index (χ1) is 21.0. The minimum Gasteiger partial charge on any atom is -0.411 e. The van der Waals surface area contributed by atoms with Crippen molar-refractivity contribution >= 4 is 29.5 Å². The van der Waals surface area contributed by atoms with Gasteiger partial charge in [-0.05, 0) is 68.7 Å². The van der Waals surface area contributed by atoms with Crippen LogP contribution in [0, 0.1) is 23.7 Å². The summed E-state index contributed by atoms with van der Waals surface area (Å²) in [5.41, 5.74) is 6.00. The predicted molar refractivity (Wildman–Crippen MR) is 205 cm³/mol. The van der Waals surface area contributed by atoms with Crippen LogP contribution in [-0.2, 0) is 8.85 Å². The van der Waals surface area contributed by atoms with E-state index in [-0.39, 0.29) is 20.2 Å². The Balaban J connectivity index is 2.75. The van der Waals surface area contributed by atoms with Crippen molar-refractivity contribution in [3.63, 3.8) is 0 Å². The fraction of sp³-hybridized carbons (Fsp3) is 0.550. The maximum atomic E-state index is 6.90. The van der Waals surface area contributed by atoms with Gasteiger partial charge in [0, 0.05) is 61.8 Å². The minimum atomic E-state index is -1.25. The summed E-state index contributed by atoms with van der Waals surface area (Å²) in [5, 5.41) is 0.201. The minimum absolute atomic E-state index is 0.0502. The first kappa shape index (κ1) is 39.4. The van der Waals surface area contributed by atoms with E-state index in [1.54, 1.807) is 0 Å². The van der Waals surface area contributed by atoms with Gasteiger partial charge in [-0.3, -0.25) is 0 Å². The molecule has 0 saturated carbocycles. The molecule has 0 amide bonds. The predicted octanol–water partition coefficient (Wildman–Crippen LogP) is 9.73. The first-order valence-electron chi connectivity index (χ1n) is 16.3. The Kier molecular flexibility index (Phi) is 13.6. The standard InChI is InChI=1S/C40H60N2O2Si2/c1-37(2,3)45(38(4,5)6)43-29-33(23-17-31-19-25-35(26-20-31)41(13)14)34(30-44-46(39(7,8)9)40(10,11)12)24-18-32-21-27-36(28-22-32)42(15)16/h19-22,25-28H,29-30H2,1-16H3/b34-33+. The zero-order valence-electron chi connectivity index (χ0n) is 31.7. The van der Waals surface area contributed by atoms with Crippen LogP contribution < -0.4 is 9.80 Å². The van der Waals surface area contributed by atoms with Crippen molar-refractivity contribution in [3.05, 3.63) is 70.8 Å². The Bertz CT molecular complexity index is 1280. The molecule has 2 aromatic carbocycles. The van der Waals surface area contributed by atoms with Gasteiger partial charge in [0.2, 0.25) is 18.1 Å². The molecule has 0 saturated heterocycles. The Morgan fingerprint density at radius 1 is 0.500 bits per heavy atom. The lowest BCUT2D eigenvalue weighted by molar-refractivity contribution is 0.301. The van der Waals surface area contributed by atoms with E-state index in [1.165, 1.54) is 0 Å². The summed E-state index contributed by atoms with van der Waals surface area (Å²) in [7, 11) is 5.69. The lowest BCUT2D eigenvalue weighted by Gasteiger charge is -2.38. The average molecular weight is 657 g/mol. The molecule has 0 unspecified atom stereocenters. The van der Waals surface area contributed by atoms with E-state index in [1.807, 2.05) is 28.2 Å². The summed E-state index contributed by atoms with van der Waals surface area (Å²) in [6.45, 7) is 28.3. The van der Waals surface area contributed by atoms with Crippen molar-refractivity contribution in [2.24, 2.45) is 0 Å². The molecule has 4 nitrogen and oxygen atoms in total. The van der Waals surface area contributed by atoms with Crippen LogP contribution in [0.5, 0.6) is 0 Å². The SMILES string of the molecule is CN(C)c1ccc(C#C/C(CO[Si](C(C)(C)C)C(C)(C)C)=C(/C#Cc2ccc(N(C)C)cc2)CO[Si](C(C)(C)C)C(C)(C)C)cc1. The normalized spacial score (nSPS) is 13.1. The van der Waals surface area contributed by atoms with Gasteiger partial charge in [0.15, 0.2) is 0 Å². The molecule has 2 rings (SSSR count). The topological polar surface area (TPSA) is 24.9 Å². The quantitative estimate of drug-likeness (QED) is 0.209. The van der Waals surface area contributed by atoms with Crippen molar-refractivity contribution in [1.29, 1.82) is 0 Å². The van der Waals surface area contributed by atoms with E-state index in [2.05, 4.69) is 165 Å². The van der Waals surface area contributed by atoms with Crippen molar-refractivity contribution in [2.45, 2.75) is 103 Å². The van der Waals surface area contributed by atoms with Crippen molar-refractivity contribution in [1.82, 2.24) is 0 Å². The van der Waals surface area contributed by atoms with E-state index < -0.39 is 18.1 Å². The molecular weight excluding hydrogens is 597 g/mol. The molecular formula is C40H60N2O2Si2. The van der Waals surface area contributed by atoms with Crippen LogP contribution in [0.2, 0.25) is 20.2 Å². The average Bonchev–Trinajstić information content (AvgIpc) is 2.90. The molecule has 0 atom stereocenters. The number of benzene rings is 2. The second-order valence-corrected chi connectivity index (χ2v) is 24.5. The molecule has 0 aliphatic carbocycles. The van der Waals surface area contributed by atoms with Gasteiger partial charge in [-0.1, -0.05) is 107 Å². The highest BCUT2D eigenvalue weighted by Crippen LogP contribution is 2.44. The number of anilines is 2. The Morgan fingerprint density at radius 3 is 0.978 bits per heavy atom. The third-order valence-electron chi connectivity index (χ3n) is 7.29. The molecule has 0 aromatic heterocycles. The van der Waals surface area contributed by atoms with E-state index in [0.717, 1.165) is 33.6 Å². The molecule has 0 spiro atoms. The smallest absolute Gasteiger partial charge is 0.223 e. The number of hydrogen-bond donors (Lipinski definition) is 0. The summed E-state index contributed by atoms with van der Waals surface area (Å²) in [4.78, 5) is 4.19. The fourth-order valence-electron chi connectivity index (χ4n) is 5.78. The second kappa shape index (κ2) is 15.9. The highest BCUT2D eigenvalue weighted by atomic mass is 28.3. The number of nitrogens with zero attached hydrogens (tertiary/aromatic N) is 2. The van der Waals surface area contributed by atoms with Gasteiger partial charge in [0.05, 0.1) is 13.2 Å². The van der Waals surface area contributed by atoms with Crippen LogP contribution in [0.25, 0.3) is 0 Å². The molecule has 250 valence electrons. The van der Waals surface area contributed by atoms with Crippen LogP contribution in [0.1, 0.15) is 94.2 Å². The largest absolute Gasteiger partial charge is 0.411 e. The van der Waals surface area contributed by atoms with Gasteiger partial charge in [0.25, 0.3) is 0 Å². The maximum Gasteiger partial charge on any atom is 0.223 e. The molecule has 2 aromatic rings. The highest BCUT2D eigenvalue weighted by Gasteiger charge is 2.41. The molecule has 0 aliphatic rings. The van der Waals surface area contributed by atoms with Crippen molar-refractivity contribution in [3.8, 4) is 23.7 Å². The van der Waals surface area contributed by atoms with Crippen molar-refractivity contribution < 1.29 is 8.85 Å². The van der Waals surface area contributed by atoms with E-state index in [0.29, 0.717) is 13.2 Å². The molecule has 2 radical (unpaired) electrons. The highest BCUT2D eigenvalue weighted by molar-refractivity contribution is 6.59. The molecule has 0 heterocycles. The lowest BCUT2D eigenvalue weighted by Crippen LogP contribution is -2.39. The van der Waals surface area contributed by atoms with Crippen LogP contribution in [0.3, 0.4) is 0 Å².